The second-order valence-electron chi connectivity index (χ2n) is 3.74. The molecule has 0 fully saturated rings. The summed E-state index contributed by atoms with van der Waals surface area (Å²) in [7, 11) is 0. The van der Waals surface area contributed by atoms with E-state index >= 15 is 0 Å². The molecular formula is C16H18O3. The molecule has 0 saturated carbocycles. The lowest BCUT2D eigenvalue weighted by Crippen LogP contribution is -2.04. The molecule has 0 spiro atoms. The number of carbonyl (C=O) groups is 1. The number of benzene rings is 2. The Morgan fingerprint density at radius 3 is 2.00 bits per heavy atom. The Hall–Kier alpha value is -2.13. The first-order valence-corrected chi connectivity index (χ1v) is 6.15. The molecule has 19 heavy (non-hydrogen) atoms. The van der Waals surface area contributed by atoms with Crippen LogP contribution in [-0.2, 0) is 11.3 Å². The lowest BCUT2D eigenvalue weighted by atomic mass is 10.2. The summed E-state index contributed by atoms with van der Waals surface area (Å²) in [6.45, 7) is 2.24. The molecule has 0 bridgehead atoms. The molecule has 3 heteroatoms. The summed E-state index contributed by atoms with van der Waals surface area (Å²) in [4.78, 5) is 11.6. The van der Waals surface area contributed by atoms with Crippen LogP contribution >= 0.6 is 0 Å². The molecule has 1 N–H and O–H groups in total. The van der Waals surface area contributed by atoms with Crippen molar-refractivity contribution < 1.29 is 14.6 Å². The van der Waals surface area contributed by atoms with Crippen LogP contribution in [0.25, 0.3) is 0 Å². The highest BCUT2D eigenvalue weighted by Gasteiger charge is 2.05. The summed E-state index contributed by atoms with van der Waals surface area (Å²) < 4.78 is 5.18. The zero-order valence-electron chi connectivity index (χ0n) is 11.0. The highest BCUT2D eigenvalue weighted by atomic mass is 16.5. The van der Waals surface area contributed by atoms with E-state index in [0.29, 0.717) is 12.2 Å². The van der Waals surface area contributed by atoms with Crippen LogP contribution in [0, 0.1) is 0 Å². The molecule has 2 aromatic rings. The molecule has 0 atom stereocenters. The van der Waals surface area contributed by atoms with Crippen molar-refractivity contribution in [2.24, 2.45) is 0 Å². The van der Waals surface area contributed by atoms with Gasteiger partial charge in [-0.05, 0) is 24.6 Å². The van der Waals surface area contributed by atoms with Gasteiger partial charge in [-0.3, -0.25) is 0 Å². The molecule has 3 nitrogen and oxygen atoms in total. The molecule has 0 amide bonds. The first-order chi connectivity index (χ1) is 9.27. The van der Waals surface area contributed by atoms with E-state index in [1.165, 1.54) is 0 Å². The van der Waals surface area contributed by atoms with Gasteiger partial charge in [-0.25, -0.2) is 4.79 Å². The number of hydrogen-bond acceptors (Lipinski definition) is 3. The first kappa shape index (κ1) is 14.9. The van der Waals surface area contributed by atoms with Gasteiger partial charge < -0.3 is 9.84 Å². The molecule has 100 valence electrons. The number of aliphatic hydroxyl groups is 1. The van der Waals surface area contributed by atoms with Crippen LogP contribution in [0.15, 0.2) is 60.7 Å². The van der Waals surface area contributed by atoms with Crippen LogP contribution in [0.3, 0.4) is 0 Å². The smallest absolute Gasteiger partial charge is 0.338 e. The molecule has 0 aliphatic carbocycles. The minimum Gasteiger partial charge on any atom is -0.457 e. The van der Waals surface area contributed by atoms with E-state index in [1.807, 2.05) is 48.5 Å². The van der Waals surface area contributed by atoms with E-state index in [-0.39, 0.29) is 12.6 Å². The fourth-order valence-electron chi connectivity index (χ4n) is 1.38. The summed E-state index contributed by atoms with van der Waals surface area (Å²) >= 11 is 0. The Morgan fingerprint density at radius 1 is 1.00 bits per heavy atom. The van der Waals surface area contributed by atoms with E-state index in [1.54, 1.807) is 19.1 Å². The molecule has 0 aliphatic heterocycles. The average Bonchev–Trinajstić information content (AvgIpc) is 2.47. The van der Waals surface area contributed by atoms with E-state index in [4.69, 9.17) is 9.84 Å². The Bertz CT molecular complexity index is 466. The Balaban J connectivity index is 0.000000550. The van der Waals surface area contributed by atoms with Crippen molar-refractivity contribution in [1.82, 2.24) is 0 Å². The van der Waals surface area contributed by atoms with Gasteiger partial charge in [0.1, 0.15) is 6.61 Å². The SMILES string of the molecule is CCO.O=C(OCc1ccccc1)c1ccccc1. The summed E-state index contributed by atoms with van der Waals surface area (Å²) in [6, 6.07) is 18.6. The number of hydrogen-bond donors (Lipinski definition) is 1. The molecule has 2 rings (SSSR count). The highest BCUT2D eigenvalue weighted by molar-refractivity contribution is 5.89. The van der Waals surface area contributed by atoms with E-state index in [2.05, 4.69) is 0 Å². The van der Waals surface area contributed by atoms with Crippen LogP contribution in [-0.4, -0.2) is 17.7 Å². The summed E-state index contributed by atoms with van der Waals surface area (Å²) in [5, 5.41) is 7.57. The van der Waals surface area contributed by atoms with Crippen molar-refractivity contribution >= 4 is 5.97 Å². The summed E-state index contributed by atoms with van der Waals surface area (Å²) in [5.74, 6) is -0.288. The van der Waals surface area contributed by atoms with E-state index < -0.39 is 0 Å². The second kappa shape index (κ2) is 8.89. The Labute approximate surface area is 113 Å². The predicted octanol–water partition coefficient (Wildman–Crippen LogP) is 3.04. The molecule has 0 aromatic heterocycles. The van der Waals surface area contributed by atoms with E-state index in [0.717, 1.165) is 5.56 Å². The third kappa shape index (κ3) is 5.84. The van der Waals surface area contributed by atoms with Gasteiger partial charge in [0.15, 0.2) is 0 Å². The lowest BCUT2D eigenvalue weighted by Gasteiger charge is -2.04. The minimum atomic E-state index is -0.288. The van der Waals surface area contributed by atoms with Crippen molar-refractivity contribution in [1.29, 1.82) is 0 Å². The molecule has 0 radical (unpaired) electrons. The first-order valence-electron chi connectivity index (χ1n) is 6.15. The topological polar surface area (TPSA) is 46.5 Å². The number of carbonyl (C=O) groups excluding carboxylic acids is 1. The lowest BCUT2D eigenvalue weighted by molar-refractivity contribution is 0.0472. The number of ether oxygens (including phenoxy) is 1. The normalized spacial score (nSPS) is 9.16. The standard InChI is InChI=1S/C14H12O2.C2H6O/c15-14(13-9-5-2-6-10-13)16-11-12-7-3-1-4-8-12;1-2-3/h1-10H,11H2;3H,2H2,1H3. The van der Waals surface area contributed by atoms with E-state index in [9.17, 15) is 4.79 Å². The molecule has 0 saturated heterocycles. The number of aliphatic hydroxyl groups excluding tert-OH is 1. The molecule has 0 aliphatic rings. The van der Waals surface area contributed by atoms with Crippen LogP contribution in [0.1, 0.15) is 22.8 Å². The highest BCUT2D eigenvalue weighted by Crippen LogP contribution is 2.05. The molecule has 0 heterocycles. The van der Waals surface area contributed by atoms with Crippen LogP contribution in [0.5, 0.6) is 0 Å². The third-order valence-corrected chi connectivity index (χ3v) is 2.22. The summed E-state index contributed by atoms with van der Waals surface area (Å²) in [6.07, 6.45) is 0. The Morgan fingerprint density at radius 2 is 1.47 bits per heavy atom. The Kier molecular flexibility index (Phi) is 6.98. The minimum absolute atomic E-state index is 0.250. The van der Waals surface area contributed by atoms with Crippen molar-refractivity contribution in [2.75, 3.05) is 6.61 Å². The maximum absolute atomic E-state index is 11.6. The van der Waals surface area contributed by atoms with Crippen molar-refractivity contribution in [2.45, 2.75) is 13.5 Å². The number of esters is 1. The monoisotopic (exact) mass is 258 g/mol. The predicted molar refractivity (Wildman–Crippen MR) is 74.8 cm³/mol. The van der Waals surface area contributed by atoms with Crippen molar-refractivity contribution in [3.05, 3.63) is 71.8 Å². The number of rotatable bonds is 3. The van der Waals surface area contributed by atoms with Crippen molar-refractivity contribution in [3.63, 3.8) is 0 Å². The van der Waals surface area contributed by atoms with Gasteiger partial charge in [0.2, 0.25) is 0 Å². The largest absolute Gasteiger partial charge is 0.457 e. The zero-order chi connectivity index (χ0) is 13.9. The second-order valence-corrected chi connectivity index (χ2v) is 3.74. The van der Waals surface area contributed by atoms with Crippen molar-refractivity contribution in [3.8, 4) is 0 Å². The van der Waals surface area contributed by atoms with Gasteiger partial charge in [-0.2, -0.15) is 0 Å². The maximum atomic E-state index is 11.6. The maximum Gasteiger partial charge on any atom is 0.338 e. The van der Waals surface area contributed by atoms with Gasteiger partial charge in [-0.15, -0.1) is 0 Å². The molecule has 0 unspecified atom stereocenters. The van der Waals surface area contributed by atoms with Gasteiger partial charge in [0.25, 0.3) is 0 Å². The fourth-order valence-corrected chi connectivity index (χ4v) is 1.38. The van der Waals surface area contributed by atoms with Gasteiger partial charge in [-0.1, -0.05) is 48.5 Å². The third-order valence-electron chi connectivity index (χ3n) is 2.22. The van der Waals surface area contributed by atoms with Gasteiger partial charge >= 0.3 is 5.97 Å². The van der Waals surface area contributed by atoms with Crippen LogP contribution < -0.4 is 0 Å². The molecule has 2 aromatic carbocycles. The summed E-state index contributed by atoms with van der Waals surface area (Å²) in [5.41, 5.74) is 1.57. The van der Waals surface area contributed by atoms with Gasteiger partial charge in [0.05, 0.1) is 5.56 Å². The zero-order valence-corrected chi connectivity index (χ0v) is 11.0. The fraction of sp³-hybridized carbons (Fsp3) is 0.188. The quantitative estimate of drug-likeness (QED) is 0.861. The average molecular weight is 258 g/mol. The molecular weight excluding hydrogens is 240 g/mol. The van der Waals surface area contributed by atoms with Crippen LogP contribution in [0.4, 0.5) is 0 Å². The van der Waals surface area contributed by atoms with Gasteiger partial charge in [0, 0.05) is 6.61 Å². The van der Waals surface area contributed by atoms with Crippen LogP contribution in [0.2, 0.25) is 0 Å².